The summed E-state index contributed by atoms with van der Waals surface area (Å²) < 4.78 is 16.9. The van der Waals surface area contributed by atoms with Gasteiger partial charge in [0.25, 0.3) is 0 Å². The molecule has 0 saturated carbocycles. The van der Waals surface area contributed by atoms with Crippen LogP contribution in [0.1, 0.15) is 54.4 Å². The number of ether oxygens (including phenoxy) is 3. The molecule has 0 aliphatic heterocycles. The lowest BCUT2D eigenvalue weighted by Gasteiger charge is -2.50. The molecule has 4 atom stereocenters. The Labute approximate surface area is 199 Å². The van der Waals surface area contributed by atoms with E-state index in [0.717, 1.165) is 12.0 Å². The zero-order valence-electron chi connectivity index (χ0n) is 21.3. The Bertz CT molecular complexity index is 786. The van der Waals surface area contributed by atoms with Crippen LogP contribution in [0, 0.1) is 22.7 Å². The van der Waals surface area contributed by atoms with Gasteiger partial charge in [-0.2, -0.15) is 0 Å². The molecule has 33 heavy (non-hydrogen) atoms. The van der Waals surface area contributed by atoms with E-state index in [0.29, 0.717) is 19.6 Å². The van der Waals surface area contributed by atoms with Gasteiger partial charge in [-0.05, 0) is 46.0 Å². The Morgan fingerprint density at radius 1 is 1.33 bits per heavy atom. The van der Waals surface area contributed by atoms with Crippen LogP contribution in [0.25, 0.3) is 0 Å². The number of hydrogen-bond acceptors (Lipinski definition) is 5. The first-order valence-corrected chi connectivity index (χ1v) is 11.8. The predicted molar refractivity (Wildman–Crippen MR) is 130 cm³/mol. The van der Waals surface area contributed by atoms with Crippen LogP contribution in [0.4, 0.5) is 4.79 Å². The Morgan fingerprint density at radius 2 is 2.03 bits per heavy atom. The van der Waals surface area contributed by atoms with Gasteiger partial charge in [-0.1, -0.05) is 49.8 Å². The van der Waals surface area contributed by atoms with Gasteiger partial charge in [0.1, 0.15) is 12.9 Å². The van der Waals surface area contributed by atoms with Crippen LogP contribution in [-0.4, -0.2) is 51.2 Å². The molecule has 0 fully saturated rings. The van der Waals surface area contributed by atoms with E-state index in [-0.39, 0.29) is 36.7 Å². The lowest BCUT2D eigenvalue weighted by Crippen LogP contribution is -2.53. The van der Waals surface area contributed by atoms with Crippen LogP contribution < -0.4 is 10.6 Å². The van der Waals surface area contributed by atoms with Crippen molar-refractivity contribution in [2.75, 3.05) is 27.1 Å². The topological polar surface area (TPSA) is 85.9 Å². The summed E-state index contributed by atoms with van der Waals surface area (Å²) in [5.41, 5.74) is 0.963. The van der Waals surface area contributed by atoms with Gasteiger partial charge in [-0.25, -0.2) is 4.79 Å². The van der Waals surface area contributed by atoms with Gasteiger partial charge in [-0.3, -0.25) is 4.79 Å². The van der Waals surface area contributed by atoms with Crippen LogP contribution >= 0.6 is 0 Å². The second-order valence-corrected chi connectivity index (χ2v) is 10.4. The molecule has 2 rings (SSSR count). The van der Waals surface area contributed by atoms with Gasteiger partial charge in [0, 0.05) is 31.5 Å². The number of amides is 2. The molecule has 2 aliphatic carbocycles. The fourth-order valence-electron chi connectivity index (χ4n) is 4.72. The lowest BCUT2D eigenvalue weighted by atomic mass is 9.57. The average molecular weight is 463 g/mol. The van der Waals surface area contributed by atoms with Crippen LogP contribution in [-0.2, 0) is 19.0 Å². The summed E-state index contributed by atoms with van der Waals surface area (Å²) >= 11 is 0. The average Bonchev–Trinajstić information content (AvgIpc) is 2.71. The number of methoxy groups -OCH3 is 1. The fourth-order valence-corrected chi connectivity index (χ4v) is 4.72. The zero-order valence-corrected chi connectivity index (χ0v) is 21.3. The fraction of sp³-hybridized carbons (Fsp3) is 0.692. The molecule has 0 heterocycles. The Hall–Kier alpha value is -2.12. The van der Waals surface area contributed by atoms with Gasteiger partial charge >= 0.3 is 6.09 Å². The lowest BCUT2D eigenvalue weighted by molar-refractivity contribution is -0.132. The number of rotatable bonds is 10. The van der Waals surface area contributed by atoms with E-state index in [1.54, 1.807) is 7.11 Å². The van der Waals surface area contributed by atoms with Gasteiger partial charge in [0.2, 0.25) is 5.91 Å². The maximum atomic E-state index is 13.0. The van der Waals surface area contributed by atoms with E-state index in [1.807, 2.05) is 34.6 Å². The number of fused-ring (bicyclic) bond motifs is 1. The van der Waals surface area contributed by atoms with Crippen molar-refractivity contribution in [1.82, 2.24) is 10.6 Å². The van der Waals surface area contributed by atoms with E-state index in [4.69, 9.17) is 14.2 Å². The SMILES string of the molecule is C=C(C)CNC(=O)C(C)(C)[C@@H]1C=C[C@@]2(COCOC)[C@@H](OC(=O)NC(C)C)CC(C)=C[C@H]2C1. The normalized spacial score (nSPS) is 26.9. The monoisotopic (exact) mass is 462 g/mol. The van der Waals surface area contributed by atoms with E-state index in [2.05, 4.69) is 42.4 Å². The minimum absolute atomic E-state index is 0.00362. The number of carbonyl (C=O) groups excluding carboxylic acids is 2. The first-order chi connectivity index (χ1) is 15.4. The molecule has 0 saturated heterocycles. The van der Waals surface area contributed by atoms with Crippen molar-refractivity contribution in [2.24, 2.45) is 22.7 Å². The molecule has 0 aromatic heterocycles. The molecule has 0 aromatic rings. The first kappa shape index (κ1) is 27.1. The molecule has 7 nitrogen and oxygen atoms in total. The van der Waals surface area contributed by atoms with Crippen molar-refractivity contribution < 1.29 is 23.8 Å². The van der Waals surface area contributed by atoms with Crippen LogP contribution in [0.15, 0.2) is 36.0 Å². The highest BCUT2D eigenvalue weighted by Crippen LogP contribution is 2.52. The van der Waals surface area contributed by atoms with Crippen LogP contribution in [0.2, 0.25) is 0 Å². The van der Waals surface area contributed by atoms with Gasteiger partial charge < -0.3 is 24.8 Å². The van der Waals surface area contributed by atoms with Crippen molar-refractivity contribution in [3.05, 3.63) is 36.0 Å². The largest absolute Gasteiger partial charge is 0.445 e. The molecule has 0 aromatic carbocycles. The summed E-state index contributed by atoms with van der Waals surface area (Å²) in [5.74, 6) is 0.0857. The van der Waals surface area contributed by atoms with Gasteiger partial charge in [0.05, 0.1) is 12.0 Å². The third-order valence-electron chi connectivity index (χ3n) is 6.70. The first-order valence-electron chi connectivity index (χ1n) is 11.8. The molecular weight excluding hydrogens is 420 g/mol. The molecule has 186 valence electrons. The maximum absolute atomic E-state index is 13.0. The summed E-state index contributed by atoms with van der Waals surface area (Å²) in [4.78, 5) is 25.5. The molecule has 0 bridgehead atoms. The minimum Gasteiger partial charge on any atom is -0.445 e. The molecule has 2 amide bonds. The summed E-state index contributed by atoms with van der Waals surface area (Å²) in [6.45, 7) is 16.6. The number of allylic oxidation sites excluding steroid dienone is 2. The van der Waals surface area contributed by atoms with Crippen molar-refractivity contribution in [2.45, 2.75) is 66.5 Å². The van der Waals surface area contributed by atoms with E-state index >= 15 is 0 Å². The highest BCUT2D eigenvalue weighted by molar-refractivity contribution is 5.82. The van der Waals surface area contributed by atoms with Gasteiger partial charge in [-0.15, -0.1) is 0 Å². The molecule has 0 unspecified atom stereocenters. The second-order valence-electron chi connectivity index (χ2n) is 10.4. The van der Waals surface area contributed by atoms with E-state index in [9.17, 15) is 9.59 Å². The number of carbonyl (C=O) groups is 2. The quantitative estimate of drug-likeness (QED) is 0.286. The molecular formula is C26H42N2O5. The van der Waals surface area contributed by atoms with Crippen molar-refractivity contribution in [3.8, 4) is 0 Å². The highest BCUT2D eigenvalue weighted by Gasteiger charge is 2.52. The Morgan fingerprint density at radius 3 is 2.64 bits per heavy atom. The number of hydrogen-bond donors (Lipinski definition) is 2. The molecule has 2 aliphatic rings. The van der Waals surface area contributed by atoms with E-state index < -0.39 is 16.9 Å². The van der Waals surface area contributed by atoms with E-state index in [1.165, 1.54) is 5.57 Å². The summed E-state index contributed by atoms with van der Waals surface area (Å²) in [6, 6.07) is -0.0148. The number of alkyl carbamates (subject to hydrolysis) is 1. The third kappa shape index (κ3) is 6.70. The predicted octanol–water partition coefficient (Wildman–Crippen LogP) is 4.36. The summed E-state index contributed by atoms with van der Waals surface area (Å²) in [7, 11) is 1.59. The second kappa shape index (κ2) is 11.3. The zero-order chi connectivity index (χ0) is 24.8. The van der Waals surface area contributed by atoms with Crippen molar-refractivity contribution in [3.63, 3.8) is 0 Å². The Balaban J connectivity index is 2.35. The minimum atomic E-state index is -0.601. The standard InChI is InChI=1S/C26H42N2O5/c1-17(2)14-27-23(29)25(6,7)20-9-10-26(15-32-16-31-8)21(13-20)11-19(5)12-22(26)33-24(30)28-18(3)4/h9-11,18,20-22H,1,12-16H2,2-8H3,(H,27,29)(H,28,30)/t20-,21+,22+,26+/m1/s1. The molecule has 0 spiro atoms. The highest BCUT2D eigenvalue weighted by atomic mass is 16.7. The summed E-state index contributed by atoms with van der Waals surface area (Å²) in [5, 5.41) is 5.82. The van der Waals surface area contributed by atoms with Crippen LogP contribution in [0.3, 0.4) is 0 Å². The Kier molecular flexibility index (Phi) is 9.32. The van der Waals surface area contributed by atoms with Crippen molar-refractivity contribution in [1.29, 1.82) is 0 Å². The maximum Gasteiger partial charge on any atom is 0.407 e. The van der Waals surface area contributed by atoms with Crippen molar-refractivity contribution >= 4 is 12.0 Å². The molecule has 7 heteroatoms. The molecule has 0 radical (unpaired) electrons. The van der Waals surface area contributed by atoms with Gasteiger partial charge in [0.15, 0.2) is 0 Å². The third-order valence-corrected chi connectivity index (χ3v) is 6.70. The van der Waals surface area contributed by atoms with Crippen LogP contribution in [0.5, 0.6) is 0 Å². The summed E-state index contributed by atoms with van der Waals surface area (Å²) in [6.07, 6.45) is 7.07. The molecule has 2 N–H and O–H groups in total. The number of nitrogens with one attached hydrogen (secondary N) is 2. The smallest absolute Gasteiger partial charge is 0.407 e.